The first kappa shape index (κ1) is 17.0. The molecule has 1 aliphatic rings. The molecule has 0 spiro atoms. The van der Waals surface area contributed by atoms with Gasteiger partial charge in [0.15, 0.2) is 14.6 Å². The molecule has 1 saturated carbocycles. The quantitative estimate of drug-likeness (QED) is 0.907. The Bertz CT molecular complexity index is 712. The topological polar surface area (TPSA) is 88.5 Å². The summed E-state index contributed by atoms with van der Waals surface area (Å²) in [5.74, 6) is -2.27. The van der Waals surface area contributed by atoms with Gasteiger partial charge in [0, 0.05) is 17.9 Å². The first-order valence-electron chi connectivity index (χ1n) is 6.95. The monoisotopic (exact) mass is 344 g/mol. The molecular weight excluding hydrogens is 328 g/mol. The van der Waals surface area contributed by atoms with Crippen LogP contribution in [0.4, 0.5) is 0 Å². The normalized spacial score (nSPS) is 22.1. The minimum Gasteiger partial charge on any atom is -0.480 e. The van der Waals surface area contributed by atoms with E-state index in [1.165, 1.54) is 31.2 Å². The molecule has 5 nitrogen and oxygen atoms in total. The van der Waals surface area contributed by atoms with Crippen LogP contribution in [0.25, 0.3) is 0 Å². The minimum atomic E-state index is -4.18. The number of benzene rings is 1. The van der Waals surface area contributed by atoms with Crippen LogP contribution in [0.2, 0.25) is 5.02 Å². The molecule has 1 aliphatic carbocycles. The van der Waals surface area contributed by atoms with Crippen molar-refractivity contribution in [2.75, 3.05) is 0 Å². The van der Waals surface area contributed by atoms with E-state index in [1.54, 1.807) is 0 Å². The molecule has 22 heavy (non-hydrogen) atoms. The van der Waals surface area contributed by atoms with Crippen LogP contribution in [-0.4, -0.2) is 30.0 Å². The Hall–Kier alpha value is -1.40. The van der Waals surface area contributed by atoms with E-state index in [0.717, 1.165) is 0 Å². The molecule has 2 atom stereocenters. The van der Waals surface area contributed by atoms with Crippen molar-refractivity contribution in [2.24, 2.45) is 5.92 Å². The van der Waals surface area contributed by atoms with Crippen molar-refractivity contribution in [3.05, 3.63) is 29.3 Å². The van der Waals surface area contributed by atoms with Crippen LogP contribution in [0.15, 0.2) is 29.2 Å². The van der Waals surface area contributed by atoms with E-state index in [1.807, 2.05) is 0 Å². The maximum atomic E-state index is 12.9. The lowest BCUT2D eigenvalue weighted by atomic mass is 9.79. The molecule has 2 rings (SSSR count). The van der Waals surface area contributed by atoms with Gasteiger partial charge in [-0.2, -0.15) is 0 Å². The van der Waals surface area contributed by atoms with Crippen molar-refractivity contribution < 1.29 is 23.1 Å². The van der Waals surface area contributed by atoms with Crippen molar-refractivity contribution in [1.82, 2.24) is 0 Å². The van der Waals surface area contributed by atoms with E-state index >= 15 is 0 Å². The molecule has 2 unspecified atom stereocenters. The zero-order valence-electron chi connectivity index (χ0n) is 12.1. The van der Waals surface area contributed by atoms with Crippen LogP contribution in [0.3, 0.4) is 0 Å². The fraction of sp³-hybridized carbons (Fsp3) is 0.467. The summed E-state index contributed by atoms with van der Waals surface area (Å²) in [6, 6.07) is 5.54. The maximum absolute atomic E-state index is 12.9. The van der Waals surface area contributed by atoms with Gasteiger partial charge >= 0.3 is 5.97 Å². The summed E-state index contributed by atoms with van der Waals surface area (Å²) in [4.78, 5) is 23.3. The fourth-order valence-electron chi connectivity index (χ4n) is 2.88. The number of Topliss-reactive ketones (excluding diaryl/α,β-unsaturated/α-hetero) is 1. The van der Waals surface area contributed by atoms with E-state index in [4.69, 9.17) is 11.6 Å². The van der Waals surface area contributed by atoms with Gasteiger partial charge in [0.25, 0.3) is 0 Å². The molecule has 1 aromatic rings. The van der Waals surface area contributed by atoms with Crippen molar-refractivity contribution in [1.29, 1.82) is 0 Å². The first-order valence-corrected chi connectivity index (χ1v) is 8.81. The Labute approximate surface area is 134 Å². The third-order valence-corrected chi connectivity index (χ3v) is 7.08. The van der Waals surface area contributed by atoms with Crippen LogP contribution in [-0.2, 0) is 19.4 Å². The average molecular weight is 345 g/mol. The Balaban J connectivity index is 2.55. The summed E-state index contributed by atoms with van der Waals surface area (Å²) < 4.78 is 23.8. The largest absolute Gasteiger partial charge is 0.480 e. The van der Waals surface area contributed by atoms with Gasteiger partial charge in [-0.05, 0) is 43.9 Å². The second-order valence-electron chi connectivity index (χ2n) is 5.70. The van der Waals surface area contributed by atoms with E-state index in [-0.39, 0.29) is 22.1 Å². The molecule has 120 valence electrons. The standard InChI is InChI=1S/C15H17ClO5S/c1-15(14(18)19,10-4-2-6-12(17)8-10)22(20,21)13-7-3-5-11(16)9-13/h3,5,7,9-10H,2,4,6,8H2,1H3,(H,18,19). The average Bonchev–Trinajstić information content (AvgIpc) is 2.46. The maximum Gasteiger partial charge on any atom is 0.325 e. The third-order valence-electron chi connectivity index (χ3n) is 4.35. The van der Waals surface area contributed by atoms with Crippen LogP contribution in [0.1, 0.15) is 32.6 Å². The predicted molar refractivity (Wildman–Crippen MR) is 81.6 cm³/mol. The number of ketones is 1. The van der Waals surface area contributed by atoms with E-state index < -0.39 is 26.5 Å². The molecule has 7 heteroatoms. The molecule has 0 radical (unpaired) electrons. The summed E-state index contributed by atoms with van der Waals surface area (Å²) in [5, 5.41) is 9.83. The molecule has 0 aliphatic heterocycles. The van der Waals surface area contributed by atoms with Gasteiger partial charge in [0.1, 0.15) is 5.78 Å². The lowest BCUT2D eigenvalue weighted by molar-refractivity contribution is -0.141. The van der Waals surface area contributed by atoms with Crippen molar-refractivity contribution in [3.8, 4) is 0 Å². The minimum absolute atomic E-state index is 0.0252. The molecule has 0 saturated heterocycles. The lowest BCUT2D eigenvalue weighted by Crippen LogP contribution is -2.51. The molecule has 0 bridgehead atoms. The number of sulfone groups is 1. The summed E-state index contributed by atoms with van der Waals surface area (Å²) in [6.07, 6.45) is 1.26. The van der Waals surface area contributed by atoms with Crippen LogP contribution in [0.5, 0.6) is 0 Å². The molecule has 0 amide bonds. The van der Waals surface area contributed by atoms with Gasteiger partial charge in [-0.25, -0.2) is 8.42 Å². The van der Waals surface area contributed by atoms with Crippen LogP contribution < -0.4 is 0 Å². The molecule has 1 N–H and O–H groups in total. The number of hydrogen-bond acceptors (Lipinski definition) is 4. The van der Waals surface area contributed by atoms with Gasteiger partial charge in [-0.1, -0.05) is 17.7 Å². The molecule has 1 fully saturated rings. The molecular formula is C15H17ClO5S. The fourth-order valence-corrected chi connectivity index (χ4v) is 5.04. The summed E-state index contributed by atoms with van der Waals surface area (Å²) in [5.41, 5.74) is 0. The van der Waals surface area contributed by atoms with Gasteiger partial charge in [-0.3, -0.25) is 9.59 Å². The van der Waals surface area contributed by atoms with E-state index in [2.05, 4.69) is 0 Å². The lowest BCUT2D eigenvalue weighted by Gasteiger charge is -2.35. The smallest absolute Gasteiger partial charge is 0.325 e. The van der Waals surface area contributed by atoms with E-state index in [9.17, 15) is 23.1 Å². The molecule has 0 aromatic heterocycles. The number of carboxylic acid groups (broad SMARTS) is 1. The second-order valence-corrected chi connectivity index (χ2v) is 8.47. The van der Waals surface area contributed by atoms with Crippen LogP contribution >= 0.6 is 11.6 Å². The Morgan fingerprint density at radius 2 is 2.09 bits per heavy atom. The molecule has 0 heterocycles. The number of carbonyl (C=O) groups excluding carboxylic acids is 1. The number of carboxylic acids is 1. The number of hydrogen-bond donors (Lipinski definition) is 1. The Morgan fingerprint density at radius 1 is 1.41 bits per heavy atom. The first-order chi connectivity index (χ1) is 10.2. The van der Waals surface area contributed by atoms with Gasteiger partial charge in [0.05, 0.1) is 4.90 Å². The number of rotatable bonds is 4. The van der Waals surface area contributed by atoms with Crippen molar-refractivity contribution >= 4 is 33.2 Å². The SMILES string of the molecule is CC(C(=O)O)(C1CCCC(=O)C1)S(=O)(=O)c1cccc(Cl)c1. The zero-order valence-corrected chi connectivity index (χ0v) is 13.7. The number of carbonyl (C=O) groups is 2. The highest BCUT2D eigenvalue weighted by atomic mass is 35.5. The Kier molecular flexibility index (Phi) is 4.63. The highest BCUT2D eigenvalue weighted by Crippen LogP contribution is 2.40. The van der Waals surface area contributed by atoms with Gasteiger partial charge in [0.2, 0.25) is 0 Å². The van der Waals surface area contributed by atoms with Crippen molar-refractivity contribution in [2.45, 2.75) is 42.2 Å². The number of halogens is 1. The van der Waals surface area contributed by atoms with Gasteiger partial charge < -0.3 is 5.11 Å². The third kappa shape index (κ3) is 2.77. The van der Waals surface area contributed by atoms with Gasteiger partial charge in [-0.15, -0.1) is 0 Å². The Morgan fingerprint density at radius 3 is 2.64 bits per heavy atom. The summed E-state index contributed by atoms with van der Waals surface area (Å²) >= 11 is 5.82. The highest BCUT2D eigenvalue weighted by molar-refractivity contribution is 7.93. The zero-order chi connectivity index (χ0) is 16.5. The predicted octanol–water partition coefficient (Wildman–Crippen LogP) is 2.72. The molecule has 1 aromatic carbocycles. The highest BCUT2D eigenvalue weighted by Gasteiger charge is 2.54. The van der Waals surface area contributed by atoms with Crippen molar-refractivity contribution in [3.63, 3.8) is 0 Å². The number of aliphatic carboxylic acids is 1. The second kappa shape index (κ2) is 6.01. The van der Waals surface area contributed by atoms with Crippen LogP contribution in [0, 0.1) is 5.92 Å². The summed E-state index contributed by atoms with van der Waals surface area (Å²) in [6.45, 7) is 1.19. The van der Waals surface area contributed by atoms with E-state index in [0.29, 0.717) is 19.3 Å². The summed E-state index contributed by atoms with van der Waals surface area (Å²) in [7, 11) is -4.18.